The van der Waals surface area contributed by atoms with Gasteiger partial charge in [0.05, 0.1) is 5.56 Å². The van der Waals surface area contributed by atoms with Crippen molar-refractivity contribution < 1.29 is 14.3 Å². The maximum atomic E-state index is 12.8. The highest BCUT2D eigenvalue weighted by atomic mass is 16.6. The van der Waals surface area contributed by atoms with Crippen LogP contribution >= 0.6 is 0 Å². The van der Waals surface area contributed by atoms with E-state index in [0.717, 1.165) is 38.3 Å². The lowest BCUT2D eigenvalue weighted by molar-refractivity contribution is -0.140. The van der Waals surface area contributed by atoms with E-state index in [9.17, 15) is 9.59 Å². The Hall–Kier alpha value is -1.92. The van der Waals surface area contributed by atoms with Gasteiger partial charge in [-0.2, -0.15) is 0 Å². The van der Waals surface area contributed by atoms with Gasteiger partial charge in [0.15, 0.2) is 5.60 Å². The Morgan fingerprint density at radius 2 is 1.96 bits per heavy atom. The first-order chi connectivity index (χ1) is 11.9. The third-order valence-electron chi connectivity index (χ3n) is 5.07. The first-order valence-electron chi connectivity index (χ1n) is 8.90. The van der Waals surface area contributed by atoms with Crippen molar-refractivity contribution in [2.24, 2.45) is 0 Å². The average Bonchev–Trinajstić information content (AvgIpc) is 2.57. The number of piperazine rings is 1. The first-order valence-corrected chi connectivity index (χ1v) is 8.90. The van der Waals surface area contributed by atoms with Crippen molar-refractivity contribution in [1.29, 1.82) is 0 Å². The summed E-state index contributed by atoms with van der Waals surface area (Å²) in [4.78, 5) is 29.7. The molecule has 3 rings (SSSR count). The van der Waals surface area contributed by atoms with E-state index in [1.165, 1.54) is 0 Å². The molecular formula is C19H27N3O3. The largest absolute Gasteiger partial charge is 0.445 e. The van der Waals surface area contributed by atoms with Crippen LogP contribution in [-0.4, -0.2) is 73.1 Å². The number of ether oxygens (including phenoxy) is 1. The summed E-state index contributed by atoms with van der Waals surface area (Å²) in [6, 6.07) is 7.32. The number of amides is 1. The van der Waals surface area contributed by atoms with Gasteiger partial charge in [0, 0.05) is 45.2 Å². The number of carbonyl (C=O) groups excluding carboxylic acids is 2. The molecule has 1 N–H and O–H groups in total. The zero-order chi connectivity index (χ0) is 18.0. The molecule has 0 radical (unpaired) electrons. The normalized spacial score (nSPS) is 25.8. The number of cyclic esters (lactones) is 1. The lowest BCUT2D eigenvalue weighted by Gasteiger charge is -2.36. The van der Waals surface area contributed by atoms with E-state index in [2.05, 4.69) is 22.2 Å². The van der Waals surface area contributed by atoms with Crippen LogP contribution in [0, 0.1) is 0 Å². The minimum Gasteiger partial charge on any atom is -0.445 e. The molecule has 1 saturated heterocycles. The molecule has 1 amide bonds. The third kappa shape index (κ3) is 4.02. The maximum Gasteiger partial charge on any atom is 0.339 e. The van der Waals surface area contributed by atoms with Gasteiger partial charge in [-0.25, -0.2) is 4.79 Å². The summed E-state index contributed by atoms with van der Waals surface area (Å²) in [5.41, 5.74) is 0.267. The van der Waals surface area contributed by atoms with Crippen LogP contribution in [0.3, 0.4) is 0 Å². The van der Waals surface area contributed by atoms with Gasteiger partial charge in [-0.05, 0) is 32.5 Å². The van der Waals surface area contributed by atoms with Crippen molar-refractivity contribution in [3.05, 3.63) is 35.4 Å². The smallest absolute Gasteiger partial charge is 0.339 e. The molecule has 2 aliphatic rings. The fourth-order valence-corrected chi connectivity index (χ4v) is 3.50. The molecule has 1 aromatic carbocycles. The predicted octanol–water partition coefficient (Wildman–Crippen LogP) is 0.910. The molecule has 0 saturated carbocycles. The summed E-state index contributed by atoms with van der Waals surface area (Å²) in [7, 11) is 2.12. The molecule has 2 aliphatic heterocycles. The van der Waals surface area contributed by atoms with Crippen LogP contribution in [0.5, 0.6) is 0 Å². The van der Waals surface area contributed by atoms with Crippen LogP contribution in [0.25, 0.3) is 0 Å². The van der Waals surface area contributed by atoms with Crippen LogP contribution in [0.4, 0.5) is 0 Å². The topological polar surface area (TPSA) is 61.9 Å². The maximum absolute atomic E-state index is 12.8. The number of nitrogens with one attached hydrogen (secondary N) is 1. The number of nitrogens with zero attached hydrogens (tertiary/aromatic N) is 2. The molecule has 2 heterocycles. The Balaban J connectivity index is 1.60. The fourth-order valence-electron chi connectivity index (χ4n) is 3.50. The van der Waals surface area contributed by atoms with Gasteiger partial charge in [0.25, 0.3) is 5.91 Å². The van der Waals surface area contributed by atoms with Crippen molar-refractivity contribution in [1.82, 2.24) is 15.1 Å². The highest BCUT2D eigenvalue weighted by Gasteiger charge is 2.42. The Morgan fingerprint density at radius 1 is 1.28 bits per heavy atom. The summed E-state index contributed by atoms with van der Waals surface area (Å²) in [6.07, 6.45) is 0.405. The SMILES string of the molecule is C[C@@H](CN1CCN(C)CC1)NC(=O)[C@]1(C)Cc2ccccc2C(=O)O1. The highest BCUT2D eigenvalue weighted by molar-refractivity contribution is 5.97. The molecule has 6 heteroatoms. The zero-order valence-electron chi connectivity index (χ0n) is 15.2. The molecule has 25 heavy (non-hydrogen) atoms. The van der Waals surface area contributed by atoms with Gasteiger partial charge < -0.3 is 15.0 Å². The van der Waals surface area contributed by atoms with Crippen LogP contribution in [0.1, 0.15) is 29.8 Å². The van der Waals surface area contributed by atoms with E-state index in [4.69, 9.17) is 4.74 Å². The van der Waals surface area contributed by atoms with Crippen LogP contribution in [-0.2, 0) is 16.0 Å². The molecule has 1 aromatic rings. The summed E-state index contributed by atoms with van der Waals surface area (Å²) in [5, 5.41) is 3.03. The molecule has 6 nitrogen and oxygen atoms in total. The second kappa shape index (κ2) is 7.14. The summed E-state index contributed by atoms with van der Waals surface area (Å²) in [5.74, 6) is -0.650. The highest BCUT2D eigenvalue weighted by Crippen LogP contribution is 2.28. The molecule has 1 fully saturated rings. The second-order valence-corrected chi connectivity index (χ2v) is 7.43. The molecule has 0 aromatic heterocycles. The summed E-state index contributed by atoms with van der Waals surface area (Å²) >= 11 is 0. The number of fused-ring (bicyclic) bond motifs is 1. The van der Waals surface area contributed by atoms with Crippen molar-refractivity contribution in [3.63, 3.8) is 0 Å². The van der Waals surface area contributed by atoms with E-state index in [-0.39, 0.29) is 11.9 Å². The van der Waals surface area contributed by atoms with Crippen LogP contribution in [0.2, 0.25) is 0 Å². The Labute approximate surface area is 149 Å². The molecule has 2 atom stereocenters. The number of esters is 1. The molecule has 136 valence electrons. The van der Waals surface area contributed by atoms with Gasteiger partial charge in [-0.1, -0.05) is 18.2 Å². The summed E-state index contributed by atoms with van der Waals surface area (Å²) in [6.45, 7) is 8.61. The van der Waals surface area contributed by atoms with Crippen LogP contribution < -0.4 is 5.32 Å². The van der Waals surface area contributed by atoms with Gasteiger partial charge in [-0.15, -0.1) is 0 Å². The number of hydrogen-bond donors (Lipinski definition) is 1. The van der Waals surface area contributed by atoms with Gasteiger partial charge in [0.1, 0.15) is 0 Å². The molecule has 0 spiro atoms. The Morgan fingerprint density at radius 3 is 2.68 bits per heavy atom. The van der Waals surface area contributed by atoms with E-state index < -0.39 is 11.6 Å². The standard InChI is InChI=1S/C19H27N3O3/c1-14(13-22-10-8-21(3)9-11-22)20-18(24)19(2)12-15-6-4-5-7-16(15)17(23)25-19/h4-7,14H,8-13H2,1-3H3,(H,20,24)/t14-,19-/m0/s1. The minimum atomic E-state index is -1.15. The number of likely N-dealkylation sites (N-methyl/N-ethyl adjacent to an activating group) is 1. The van der Waals surface area contributed by atoms with Crippen LogP contribution in [0.15, 0.2) is 24.3 Å². The lowest BCUT2D eigenvalue weighted by Crippen LogP contribution is -2.56. The number of benzene rings is 1. The van der Waals surface area contributed by atoms with E-state index in [1.807, 2.05) is 19.1 Å². The predicted molar refractivity (Wildman–Crippen MR) is 95.5 cm³/mol. The van der Waals surface area contributed by atoms with E-state index in [0.29, 0.717) is 12.0 Å². The first kappa shape index (κ1) is 17.9. The van der Waals surface area contributed by atoms with Gasteiger partial charge >= 0.3 is 5.97 Å². The van der Waals surface area contributed by atoms with Gasteiger partial charge in [-0.3, -0.25) is 9.69 Å². The Kier molecular flexibility index (Phi) is 5.11. The number of carbonyl (C=O) groups is 2. The van der Waals surface area contributed by atoms with E-state index in [1.54, 1.807) is 19.1 Å². The number of hydrogen-bond acceptors (Lipinski definition) is 5. The van der Waals surface area contributed by atoms with Crippen molar-refractivity contribution >= 4 is 11.9 Å². The Bertz CT molecular complexity index is 655. The fraction of sp³-hybridized carbons (Fsp3) is 0.579. The summed E-state index contributed by atoms with van der Waals surface area (Å²) < 4.78 is 5.50. The van der Waals surface area contributed by atoms with Crippen molar-refractivity contribution in [3.8, 4) is 0 Å². The lowest BCUT2D eigenvalue weighted by atomic mass is 9.89. The second-order valence-electron chi connectivity index (χ2n) is 7.43. The molecular weight excluding hydrogens is 318 g/mol. The number of rotatable bonds is 4. The molecule has 0 bridgehead atoms. The minimum absolute atomic E-state index is 0.00334. The average molecular weight is 345 g/mol. The molecule has 0 unspecified atom stereocenters. The zero-order valence-corrected chi connectivity index (χ0v) is 15.2. The van der Waals surface area contributed by atoms with E-state index >= 15 is 0 Å². The monoisotopic (exact) mass is 345 g/mol. The third-order valence-corrected chi connectivity index (χ3v) is 5.07. The quantitative estimate of drug-likeness (QED) is 0.822. The van der Waals surface area contributed by atoms with Crippen molar-refractivity contribution in [2.75, 3.05) is 39.8 Å². The van der Waals surface area contributed by atoms with Gasteiger partial charge in [0.2, 0.25) is 0 Å². The molecule has 0 aliphatic carbocycles. The van der Waals surface area contributed by atoms with Crippen molar-refractivity contribution in [2.45, 2.75) is 31.9 Å².